The molecule has 0 aromatic heterocycles. The number of carbonyl (C=O) groups excluding carboxylic acids is 1. The van der Waals surface area contributed by atoms with Crippen LogP contribution in [-0.2, 0) is 16.1 Å². The molecule has 1 aliphatic rings. The fourth-order valence-electron chi connectivity index (χ4n) is 2.40. The highest BCUT2D eigenvalue weighted by Crippen LogP contribution is 2.11. The number of rotatable bonds is 5. The number of alkyl halides is 1. The van der Waals surface area contributed by atoms with Crippen molar-refractivity contribution in [3.05, 3.63) is 35.9 Å². The lowest BCUT2D eigenvalue weighted by molar-refractivity contribution is -0.140. The van der Waals surface area contributed by atoms with E-state index in [0.29, 0.717) is 6.54 Å². The lowest BCUT2D eigenvalue weighted by atomic mass is 10.2. The second-order valence-electron chi connectivity index (χ2n) is 5.05. The molecule has 20 heavy (non-hydrogen) atoms. The van der Waals surface area contributed by atoms with E-state index in [9.17, 15) is 4.79 Å². The molecule has 0 bridgehead atoms. The van der Waals surface area contributed by atoms with Gasteiger partial charge in [0.2, 0.25) is 0 Å². The number of ether oxygens (including phenoxy) is 1. The molecule has 1 fully saturated rings. The van der Waals surface area contributed by atoms with Crippen molar-refractivity contribution < 1.29 is 9.53 Å². The van der Waals surface area contributed by atoms with Crippen LogP contribution in [0.4, 0.5) is 0 Å². The van der Waals surface area contributed by atoms with Gasteiger partial charge in [0.25, 0.3) is 0 Å². The Morgan fingerprint density at radius 2 is 1.80 bits per heavy atom. The third-order valence-electron chi connectivity index (χ3n) is 3.59. The summed E-state index contributed by atoms with van der Waals surface area (Å²) in [6, 6.07) is 10.5. The molecule has 110 valence electrons. The van der Waals surface area contributed by atoms with Crippen molar-refractivity contribution in [2.75, 3.05) is 39.8 Å². The number of piperazine rings is 1. The average Bonchev–Trinajstić information content (AvgIpc) is 2.49. The Bertz CT molecular complexity index is 419. The average molecular weight is 341 g/mol. The number of methoxy groups -OCH3 is 1. The molecule has 5 heteroatoms. The van der Waals surface area contributed by atoms with Crippen molar-refractivity contribution in [2.45, 2.75) is 11.4 Å². The molecule has 1 aromatic rings. The van der Waals surface area contributed by atoms with Crippen LogP contribution in [0.2, 0.25) is 0 Å². The van der Waals surface area contributed by atoms with Gasteiger partial charge in [-0.3, -0.25) is 14.6 Å². The molecule has 1 aliphatic heterocycles. The molecule has 1 aromatic carbocycles. The van der Waals surface area contributed by atoms with E-state index in [1.165, 1.54) is 12.7 Å². The molecule has 0 N–H and O–H groups in total. The third kappa shape index (κ3) is 4.58. The van der Waals surface area contributed by atoms with Crippen LogP contribution >= 0.6 is 15.9 Å². The number of carbonyl (C=O) groups is 1. The summed E-state index contributed by atoms with van der Waals surface area (Å²) in [6.45, 7) is 5.78. The van der Waals surface area contributed by atoms with Crippen molar-refractivity contribution in [1.29, 1.82) is 0 Å². The SMILES string of the molecule is COC(=O)C(Br)CN1CCN(Cc2ccccc2)CC1. The molecule has 4 nitrogen and oxygen atoms in total. The minimum absolute atomic E-state index is 0.197. The van der Waals surface area contributed by atoms with Gasteiger partial charge < -0.3 is 4.74 Å². The van der Waals surface area contributed by atoms with Crippen LogP contribution in [0.3, 0.4) is 0 Å². The molecule has 0 aliphatic carbocycles. The van der Waals surface area contributed by atoms with E-state index in [1.54, 1.807) is 0 Å². The Kier molecular flexibility index (Phi) is 6.01. The lowest BCUT2D eigenvalue weighted by Crippen LogP contribution is -2.48. The van der Waals surface area contributed by atoms with Gasteiger partial charge in [0.15, 0.2) is 0 Å². The Morgan fingerprint density at radius 1 is 1.20 bits per heavy atom. The molecule has 0 amide bonds. The molecule has 0 radical (unpaired) electrons. The normalized spacial score (nSPS) is 18.7. The molecular weight excluding hydrogens is 320 g/mol. The Morgan fingerprint density at radius 3 is 2.40 bits per heavy atom. The topological polar surface area (TPSA) is 32.8 Å². The first-order valence-corrected chi connectivity index (χ1v) is 7.81. The first-order valence-electron chi connectivity index (χ1n) is 6.89. The summed E-state index contributed by atoms with van der Waals surface area (Å²) in [7, 11) is 1.42. The van der Waals surface area contributed by atoms with Crippen molar-refractivity contribution in [1.82, 2.24) is 9.80 Å². The zero-order valence-electron chi connectivity index (χ0n) is 11.8. The quantitative estimate of drug-likeness (QED) is 0.603. The molecule has 1 unspecified atom stereocenters. The first kappa shape index (κ1) is 15.5. The summed E-state index contributed by atoms with van der Waals surface area (Å²) in [6.07, 6.45) is 0. The minimum Gasteiger partial charge on any atom is -0.468 e. The van der Waals surface area contributed by atoms with E-state index in [2.05, 4.69) is 50.0 Å². The minimum atomic E-state index is -0.229. The van der Waals surface area contributed by atoms with Gasteiger partial charge in [-0.05, 0) is 5.56 Å². The van der Waals surface area contributed by atoms with E-state index in [4.69, 9.17) is 4.74 Å². The smallest absolute Gasteiger partial charge is 0.320 e. The predicted octanol–water partition coefficient (Wildman–Crippen LogP) is 1.74. The Balaban J connectivity index is 1.74. The van der Waals surface area contributed by atoms with Crippen molar-refractivity contribution in [3.8, 4) is 0 Å². The zero-order chi connectivity index (χ0) is 14.4. The van der Waals surface area contributed by atoms with E-state index in [-0.39, 0.29) is 10.8 Å². The monoisotopic (exact) mass is 340 g/mol. The third-order valence-corrected chi connectivity index (χ3v) is 4.25. The predicted molar refractivity (Wildman–Crippen MR) is 82.9 cm³/mol. The molecule has 1 atom stereocenters. The summed E-state index contributed by atoms with van der Waals surface area (Å²) in [5, 5.41) is 0. The number of esters is 1. The number of nitrogens with zero attached hydrogens (tertiary/aromatic N) is 2. The van der Waals surface area contributed by atoms with Crippen LogP contribution in [0.25, 0.3) is 0 Å². The van der Waals surface area contributed by atoms with Gasteiger partial charge in [-0.15, -0.1) is 0 Å². The largest absolute Gasteiger partial charge is 0.468 e. The zero-order valence-corrected chi connectivity index (χ0v) is 13.4. The molecule has 0 spiro atoms. The Hall–Kier alpha value is -0.910. The summed E-state index contributed by atoms with van der Waals surface area (Å²) in [5.41, 5.74) is 1.36. The van der Waals surface area contributed by atoms with E-state index in [0.717, 1.165) is 32.7 Å². The number of hydrogen-bond acceptors (Lipinski definition) is 4. The summed E-state index contributed by atoms with van der Waals surface area (Å²) < 4.78 is 4.73. The van der Waals surface area contributed by atoms with Gasteiger partial charge in [-0.25, -0.2) is 0 Å². The van der Waals surface area contributed by atoms with Crippen LogP contribution in [0.15, 0.2) is 30.3 Å². The van der Waals surface area contributed by atoms with Gasteiger partial charge in [-0.1, -0.05) is 46.3 Å². The summed E-state index contributed by atoms with van der Waals surface area (Å²) in [4.78, 5) is 15.9. The Labute approximate surface area is 128 Å². The maximum absolute atomic E-state index is 11.4. The van der Waals surface area contributed by atoms with Gasteiger partial charge >= 0.3 is 5.97 Å². The van der Waals surface area contributed by atoms with Crippen molar-refractivity contribution in [3.63, 3.8) is 0 Å². The molecule has 2 rings (SSSR count). The van der Waals surface area contributed by atoms with Crippen LogP contribution in [0.1, 0.15) is 5.56 Å². The highest BCUT2D eigenvalue weighted by Gasteiger charge is 2.22. The van der Waals surface area contributed by atoms with E-state index < -0.39 is 0 Å². The van der Waals surface area contributed by atoms with Gasteiger partial charge in [-0.2, -0.15) is 0 Å². The maximum atomic E-state index is 11.4. The number of benzene rings is 1. The van der Waals surface area contributed by atoms with Crippen LogP contribution in [0.5, 0.6) is 0 Å². The lowest BCUT2D eigenvalue weighted by Gasteiger charge is -2.35. The highest BCUT2D eigenvalue weighted by atomic mass is 79.9. The van der Waals surface area contributed by atoms with Crippen LogP contribution < -0.4 is 0 Å². The van der Waals surface area contributed by atoms with Gasteiger partial charge in [0, 0.05) is 39.3 Å². The second kappa shape index (κ2) is 7.76. The summed E-state index contributed by atoms with van der Waals surface area (Å²) in [5.74, 6) is -0.197. The highest BCUT2D eigenvalue weighted by molar-refractivity contribution is 9.10. The van der Waals surface area contributed by atoms with E-state index in [1.807, 2.05) is 6.07 Å². The molecule has 1 heterocycles. The maximum Gasteiger partial charge on any atom is 0.320 e. The van der Waals surface area contributed by atoms with Crippen molar-refractivity contribution in [2.24, 2.45) is 0 Å². The molecular formula is C15H21BrN2O2. The fourth-order valence-corrected chi connectivity index (χ4v) is 3.00. The van der Waals surface area contributed by atoms with Crippen LogP contribution in [0, 0.1) is 0 Å². The standard InChI is InChI=1S/C15H21BrN2O2/c1-20-15(19)14(16)12-18-9-7-17(8-10-18)11-13-5-3-2-4-6-13/h2-6,14H,7-12H2,1H3. The summed E-state index contributed by atoms with van der Waals surface area (Å²) >= 11 is 3.38. The van der Waals surface area contributed by atoms with Crippen molar-refractivity contribution >= 4 is 21.9 Å². The molecule has 0 saturated carbocycles. The number of halogens is 1. The van der Waals surface area contributed by atoms with Gasteiger partial charge in [0.05, 0.1) is 7.11 Å². The van der Waals surface area contributed by atoms with Gasteiger partial charge in [0.1, 0.15) is 4.83 Å². The fraction of sp³-hybridized carbons (Fsp3) is 0.533. The number of hydrogen-bond donors (Lipinski definition) is 0. The second-order valence-corrected chi connectivity index (χ2v) is 6.16. The first-order chi connectivity index (χ1) is 9.69. The molecule has 1 saturated heterocycles. The van der Waals surface area contributed by atoms with Crippen LogP contribution in [-0.4, -0.2) is 60.4 Å². The van der Waals surface area contributed by atoms with E-state index >= 15 is 0 Å².